The van der Waals surface area contributed by atoms with E-state index in [0.29, 0.717) is 17.2 Å². The number of ether oxygens (including phenoxy) is 2. The first-order valence-electron chi connectivity index (χ1n) is 6.71. The summed E-state index contributed by atoms with van der Waals surface area (Å²) in [7, 11) is -2.13. The number of hydrogen-bond donors (Lipinski definition) is 1. The van der Waals surface area contributed by atoms with E-state index in [0.717, 1.165) is 10.9 Å². The molecule has 0 radical (unpaired) electrons. The van der Waals surface area contributed by atoms with Crippen molar-refractivity contribution >= 4 is 20.9 Å². The van der Waals surface area contributed by atoms with Crippen molar-refractivity contribution in [3.63, 3.8) is 0 Å². The molecule has 23 heavy (non-hydrogen) atoms. The van der Waals surface area contributed by atoms with Crippen LogP contribution in [0.4, 0.5) is 0 Å². The van der Waals surface area contributed by atoms with Crippen LogP contribution in [0.5, 0.6) is 17.2 Å². The molecule has 0 atom stereocenters. The van der Waals surface area contributed by atoms with Gasteiger partial charge in [-0.3, -0.25) is 4.98 Å². The first-order chi connectivity index (χ1) is 11.0. The Hall–Kier alpha value is -2.64. The van der Waals surface area contributed by atoms with Crippen LogP contribution in [0.2, 0.25) is 0 Å². The van der Waals surface area contributed by atoms with E-state index in [1.807, 2.05) is 18.2 Å². The van der Waals surface area contributed by atoms with Crippen molar-refractivity contribution < 1.29 is 17.9 Å². The van der Waals surface area contributed by atoms with Gasteiger partial charge in [-0.2, -0.15) is 0 Å². The van der Waals surface area contributed by atoms with E-state index in [-0.39, 0.29) is 4.90 Å². The second-order valence-corrected chi connectivity index (χ2v) is 6.37. The lowest BCUT2D eigenvalue weighted by molar-refractivity contribution is 0.415. The van der Waals surface area contributed by atoms with Gasteiger partial charge in [0.05, 0.1) is 17.5 Å². The summed E-state index contributed by atoms with van der Waals surface area (Å²) in [5.41, 5.74) is 0.768. The number of pyridine rings is 1. The molecule has 7 heteroatoms. The Labute approximate surface area is 133 Å². The average Bonchev–Trinajstić information content (AvgIpc) is 2.54. The third-order valence-corrected chi connectivity index (χ3v) is 4.22. The molecule has 0 saturated carbocycles. The fourth-order valence-corrected chi connectivity index (χ4v) is 2.66. The number of hydrogen-bond acceptors (Lipinski definition) is 5. The van der Waals surface area contributed by atoms with Crippen molar-refractivity contribution in [3.8, 4) is 17.2 Å². The molecule has 3 rings (SSSR count). The molecule has 1 heterocycles. The molecule has 118 valence electrons. The Bertz CT molecular complexity index is 953. The molecule has 0 spiro atoms. The first kappa shape index (κ1) is 15.3. The van der Waals surface area contributed by atoms with E-state index in [2.05, 4.69) is 4.98 Å². The van der Waals surface area contributed by atoms with Crippen LogP contribution in [-0.4, -0.2) is 20.5 Å². The monoisotopic (exact) mass is 330 g/mol. The number of rotatable bonds is 4. The zero-order valence-corrected chi connectivity index (χ0v) is 13.1. The van der Waals surface area contributed by atoms with Crippen LogP contribution in [0, 0.1) is 0 Å². The molecule has 0 saturated heterocycles. The summed E-state index contributed by atoms with van der Waals surface area (Å²) >= 11 is 0. The summed E-state index contributed by atoms with van der Waals surface area (Å²) in [6.07, 6.45) is 1.64. The van der Waals surface area contributed by atoms with Crippen LogP contribution in [0.25, 0.3) is 10.9 Å². The van der Waals surface area contributed by atoms with Gasteiger partial charge < -0.3 is 9.47 Å². The highest BCUT2D eigenvalue weighted by Gasteiger charge is 2.09. The number of primary sulfonamides is 1. The van der Waals surface area contributed by atoms with Crippen LogP contribution >= 0.6 is 0 Å². The number of aromatic nitrogens is 1. The van der Waals surface area contributed by atoms with Crippen LogP contribution < -0.4 is 14.6 Å². The van der Waals surface area contributed by atoms with E-state index in [1.165, 1.54) is 12.1 Å². The smallest absolute Gasteiger partial charge is 0.238 e. The minimum absolute atomic E-state index is 0.0334. The van der Waals surface area contributed by atoms with Gasteiger partial charge in [0, 0.05) is 11.6 Å². The minimum Gasteiger partial charge on any atom is -0.497 e. The lowest BCUT2D eigenvalue weighted by atomic mass is 10.2. The van der Waals surface area contributed by atoms with Crippen LogP contribution in [0.1, 0.15) is 0 Å². The molecule has 0 aliphatic heterocycles. The molecule has 0 unspecified atom stereocenters. The van der Waals surface area contributed by atoms with Crippen molar-refractivity contribution in [2.45, 2.75) is 4.90 Å². The third-order valence-electron chi connectivity index (χ3n) is 3.29. The van der Waals surface area contributed by atoms with Gasteiger partial charge in [0.1, 0.15) is 17.2 Å². The maximum atomic E-state index is 11.3. The van der Waals surface area contributed by atoms with Crippen LogP contribution in [-0.2, 0) is 10.0 Å². The van der Waals surface area contributed by atoms with E-state index in [9.17, 15) is 8.42 Å². The zero-order chi connectivity index (χ0) is 16.4. The molecular weight excluding hydrogens is 316 g/mol. The number of sulfonamides is 1. The number of fused-ring (bicyclic) bond motifs is 1. The summed E-state index contributed by atoms with van der Waals surface area (Å²) in [5, 5.41) is 5.87. The molecule has 1 aromatic heterocycles. The number of nitrogens with two attached hydrogens (primary N) is 1. The van der Waals surface area contributed by atoms with Crippen molar-refractivity contribution in [2.24, 2.45) is 5.14 Å². The highest BCUT2D eigenvalue weighted by atomic mass is 32.2. The topological polar surface area (TPSA) is 91.5 Å². The lowest BCUT2D eigenvalue weighted by Crippen LogP contribution is -2.11. The molecule has 2 aromatic carbocycles. The Morgan fingerprint density at radius 2 is 1.70 bits per heavy atom. The maximum absolute atomic E-state index is 11.3. The first-order valence-corrected chi connectivity index (χ1v) is 8.25. The maximum Gasteiger partial charge on any atom is 0.238 e. The molecule has 0 fully saturated rings. The fraction of sp³-hybridized carbons (Fsp3) is 0.0625. The minimum atomic E-state index is -3.72. The van der Waals surface area contributed by atoms with Crippen molar-refractivity contribution in [3.05, 3.63) is 54.7 Å². The Morgan fingerprint density at radius 3 is 2.35 bits per heavy atom. The standard InChI is InChI=1S/C16H14N2O4S/c1-21-12-4-7-15-14(10-12)16(8-9-18-15)22-11-2-5-13(6-3-11)23(17,19)20/h2-10H,1H3,(H2,17,19,20). The van der Waals surface area contributed by atoms with Crippen LogP contribution in [0.3, 0.4) is 0 Å². The van der Waals surface area contributed by atoms with Crippen LogP contribution in [0.15, 0.2) is 59.6 Å². The number of nitrogens with zero attached hydrogens (tertiary/aromatic N) is 1. The largest absolute Gasteiger partial charge is 0.497 e. The fourth-order valence-electron chi connectivity index (χ4n) is 2.14. The third kappa shape index (κ3) is 3.25. The summed E-state index contributed by atoms with van der Waals surface area (Å²) in [5.74, 6) is 1.78. The summed E-state index contributed by atoms with van der Waals surface area (Å²) < 4.78 is 33.6. The van der Waals surface area contributed by atoms with Gasteiger partial charge in [0.25, 0.3) is 0 Å². The van der Waals surface area contributed by atoms with Gasteiger partial charge in [0.15, 0.2) is 0 Å². The van der Waals surface area contributed by atoms with Gasteiger partial charge in [-0.25, -0.2) is 13.6 Å². The molecule has 0 aliphatic carbocycles. The van der Waals surface area contributed by atoms with Crippen molar-refractivity contribution in [1.29, 1.82) is 0 Å². The lowest BCUT2D eigenvalue weighted by Gasteiger charge is -2.10. The highest BCUT2D eigenvalue weighted by Crippen LogP contribution is 2.31. The predicted octanol–water partition coefficient (Wildman–Crippen LogP) is 2.68. The van der Waals surface area contributed by atoms with Gasteiger partial charge in [-0.15, -0.1) is 0 Å². The van der Waals surface area contributed by atoms with Gasteiger partial charge in [0.2, 0.25) is 10.0 Å². The second-order valence-electron chi connectivity index (χ2n) is 4.81. The Morgan fingerprint density at radius 1 is 1.00 bits per heavy atom. The van der Waals surface area contributed by atoms with E-state index >= 15 is 0 Å². The molecule has 0 amide bonds. The SMILES string of the molecule is COc1ccc2nccc(Oc3ccc(S(N)(=O)=O)cc3)c2c1. The molecule has 0 aliphatic rings. The molecule has 0 bridgehead atoms. The van der Waals surface area contributed by atoms with E-state index in [4.69, 9.17) is 14.6 Å². The van der Waals surface area contributed by atoms with E-state index in [1.54, 1.807) is 31.5 Å². The summed E-state index contributed by atoms with van der Waals surface area (Å²) in [6, 6.07) is 13.1. The normalized spacial score (nSPS) is 11.4. The highest BCUT2D eigenvalue weighted by molar-refractivity contribution is 7.89. The summed E-state index contributed by atoms with van der Waals surface area (Å²) in [4.78, 5) is 4.31. The molecule has 3 aromatic rings. The van der Waals surface area contributed by atoms with Gasteiger partial charge in [-0.1, -0.05) is 0 Å². The average molecular weight is 330 g/mol. The van der Waals surface area contributed by atoms with Crippen molar-refractivity contribution in [1.82, 2.24) is 4.98 Å². The zero-order valence-electron chi connectivity index (χ0n) is 12.3. The quantitative estimate of drug-likeness (QED) is 0.794. The van der Waals surface area contributed by atoms with E-state index < -0.39 is 10.0 Å². The molecule has 2 N–H and O–H groups in total. The predicted molar refractivity (Wildman–Crippen MR) is 86.2 cm³/mol. The Balaban J connectivity index is 1.98. The van der Waals surface area contributed by atoms with Crippen molar-refractivity contribution in [2.75, 3.05) is 7.11 Å². The Kier molecular flexibility index (Phi) is 3.89. The summed E-state index contributed by atoms with van der Waals surface area (Å²) in [6.45, 7) is 0. The number of methoxy groups -OCH3 is 1. The van der Waals surface area contributed by atoms with Gasteiger partial charge in [-0.05, 0) is 48.5 Å². The number of benzene rings is 2. The van der Waals surface area contributed by atoms with Gasteiger partial charge >= 0.3 is 0 Å². The second kappa shape index (κ2) is 5.86. The molecule has 6 nitrogen and oxygen atoms in total. The molecular formula is C16H14N2O4S.